The molecular weight excluding hydrogens is 332 g/mol. The lowest BCUT2D eigenvalue weighted by atomic mass is 10.1. The van der Waals surface area contributed by atoms with Gasteiger partial charge in [0.05, 0.1) is 6.61 Å². The number of imide groups is 1. The van der Waals surface area contributed by atoms with Crippen molar-refractivity contribution in [2.45, 2.75) is 58.4 Å². The van der Waals surface area contributed by atoms with Crippen molar-refractivity contribution in [2.24, 2.45) is 5.92 Å². The Hall–Kier alpha value is -1.90. The van der Waals surface area contributed by atoms with E-state index in [4.69, 9.17) is 9.57 Å². The van der Waals surface area contributed by atoms with Crippen molar-refractivity contribution < 1.29 is 28.8 Å². The van der Waals surface area contributed by atoms with Gasteiger partial charge in [-0.15, -0.1) is 5.06 Å². The van der Waals surface area contributed by atoms with Crippen LogP contribution in [0.2, 0.25) is 25.7 Å². The zero-order valence-electron chi connectivity index (χ0n) is 14.9. The van der Waals surface area contributed by atoms with Crippen molar-refractivity contribution in [2.75, 3.05) is 6.61 Å². The van der Waals surface area contributed by atoms with Gasteiger partial charge in [-0.2, -0.15) is 0 Å². The maximum absolute atomic E-state index is 12.2. The van der Waals surface area contributed by atoms with E-state index in [-0.39, 0.29) is 25.4 Å². The number of carbonyl (C=O) groups excluding carboxylic acids is 4. The molecule has 9 heteroatoms. The van der Waals surface area contributed by atoms with Crippen LogP contribution >= 0.6 is 0 Å². The third-order valence-electron chi connectivity index (χ3n) is 3.47. The summed E-state index contributed by atoms with van der Waals surface area (Å²) >= 11 is 0. The molecule has 3 amide bonds. The molecule has 0 aromatic rings. The number of alkyl carbamates (subject to hydrolysis) is 1. The Morgan fingerprint density at radius 2 is 1.71 bits per heavy atom. The summed E-state index contributed by atoms with van der Waals surface area (Å²) in [5, 5.41) is 2.90. The van der Waals surface area contributed by atoms with Crippen LogP contribution in [0, 0.1) is 5.92 Å². The van der Waals surface area contributed by atoms with Crippen LogP contribution in [0.15, 0.2) is 0 Å². The van der Waals surface area contributed by atoms with E-state index < -0.39 is 38.0 Å². The summed E-state index contributed by atoms with van der Waals surface area (Å²) in [6, 6.07) is -0.195. The molecular formula is C15H26N2O6Si. The van der Waals surface area contributed by atoms with Gasteiger partial charge in [0.25, 0.3) is 11.8 Å². The molecule has 0 aromatic carbocycles. The van der Waals surface area contributed by atoms with Crippen LogP contribution in [0.3, 0.4) is 0 Å². The quantitative estimate of drug-likeness (QED) is 0.549. The number of nitrogens with zero attached hydrogens (tertiary/aromatic N) is 1. The molecule has 0 spiro atoms. The predicted molar refractivity (Wildman–Crippen MR) is 88.4 cm³/mol. The molecule has 1 fully saturated rings. The molecule has 1 aliphatic heterocycles. The Bertz CT molecular complexity index is 499. The highest BCUT2D eigenvalue weighted by molar-refractivity contribution is 6.76. The molecule has 1 aliphatic rings. The summed E-state index contributed by atoms with van der Waals surface area (Å²) in [5.41, 5.74) is 0. The number of hydrogen-bond acceptors (Lipinski definition) is 6. The molecule has 1 atom stereocenters. The predicted octanol–water partition coefficient (Wildman–Crippen LogP) is 1.68. The molecule has 0 aromatic heterocycles. The highest BCUT2D eigenvalue weighted by Gasteiger charge is 2.36. The van der Waals surface area contributed by atoms with E-state index in [1.165, 1.54) is 0 Å². The van der Waals surface area contributed by atoms with Crippen LogP contribution in [0.4, 0.5) is 4.79 Å². The lowest BCUT2D eigenvalue weighted by molar-refractivity contribution is -0.199. The summed E-state index contributed by atoms with van der Waals surface area (Å²) in [6.07, 6.45) is -0.683. The molecule has 0 aliphatic carbocycles. The Kier molecular flexibility index (Phi) is 6.94. The van der Waals surface area contributed by atoms with E-state index >= 15 is 0 Å². The molecule has 8 nitrogen and oxygen atoms in total. The van der Waals surface area contributed by atoms with Crippen molar-refractivity contribution >= 4 is 32.0 Å². The first-order valence-corrected chi connectivity index (χ1v) is 11.7. The number of hydroxylamine groups is 2. The normalized spacial score (nSPS) is 16.3. The maximum atomic E-state index is 12.2. The highest BCUT2D eigenvalue weighted by Crippen LogP contribution is 2.14. The van der Waals surface area contributed by atoms with Crippen molar-refractivity contribution in [1.29, 1.82) is 0 Å². The number of nitrogens with one attached hydrogen (secondary N) is 1. The standard InChI is InChI=1S/C15H26N2O6Si/c1-10(2)13(16-15(21)22-8-9-24(3,4)5)14(20)23-17-11(18)6-7-12(17)19/h10,13H,6-9H2,1-5H3,(H,16,21)/t13-/m0/s1. The van der Waals surface area contributed by atoms with Crippen LogP contribution < -0.4 is 5.32 Å². The van der Waals surface area contributed by atoms with E-state index in [1.54, 1.807) is 13.8 Å². The fraction of sp³-hybridized carbons (Fsp3) is 0.733. The van der Waals surface area contributed by atoms with Crippen LogP contribution in [-0.2, 0) is 24.0 Å². The number of rotatable bonds is 7. The van der Waals surface area contributed by atoms with Gasteiger partial charge in [0.1, 0.15) is 6.04 Å². The summed E-state index contributed by atoms with van der Waals surface area (Å²) in [4.78, 5) is 51.8. The topological polar surface area (TPSA) is 102 Å². The SMILES string of the molecule is CC(C)[C@H](NC(=O)OCC[Si](C)(C)C)C(=O)ON1C(=O)CCC1=O. The van der Waals surface area contributed by atoms with Crippen LogP contribution in [0.1, 0.15) is 26.7 Å². The van der Waals surface area contributed by atoms with Gasteiger partial charge in [0.2, 0.25) is 0 Å². The number of amides is 3. The lowest BCUT2D eigenvalue weighted by Gasteiger charge is -2.23. The summed E-state index contributed by atoms with van der Waals surface area (Å²) < 4.78 is 5.09. The first-order valence-electron chi connectivity index (χ1n) is 8.02. The fourth-order valence-electron chi connectivity index (χ4n) is 1.92. The minimum absolute atomic E-state index is 0.0185. The number of ether oxygens (including phenoxy) is 1. The molecule has 0 radical (unpaired) electrons. The van der Waals surface area contributed by atoms with Gasteiger partial charge in [0.15, 0.2) is 0 Å². The fourth-order valence-corrected chi connectivity index (χ4v) is 2.64. The van der Waals surface area contributed by atoms with Gasteiger partial charge in [-0.25, -0.2) is 9.59 Å². The van der Waals surface area contributed by atoms with Gasteiger partial charge in [0, 0.05) is 20.9 Å². The maximum Gasteiger partial charge on any atom is 0.407 e. The monoisotopic (exact) mass is 358 g/mol. The van der Waals surface area contributed by atoms with E-state index in [2.05, 4.69) is 25.0 Å². The average Bonchev–Trinajstić information content (AvgIpc) is 2.74. The smallest absolute Gasteiger partial charge is 0.407 e. The molecule has 1 saturated heterocycles. The first kappa shape index (κ1) is 20.1. The Morgan fingerprint density at radius 3 is 2.17 bits per heavy atom. The van der Waals surface area contributed by atoms with E-state index in [9.17, 15) is 19.2 Å². The third-order valence-corrected chi connectivity index (χ3v) is 5.17. The van der Waals surface area contributed by atoms with Gasteiger partial charge in [-0.3, -0.25) is 9.59 Å². The zero-order valence-corrected chi connectivity index (χ0v) is 15.9. The van der Waals surface area contributed by atoms with Gasteiger partial charge in [-0.1, -0.05) is 33.5 Å². The van der Waals surface area contributed by atoms with E-state index in [1.807, 2.05) is 0 Å². The van der Waals surface area contributed by atoms with Crippen LogP contribution in [0.5, 0.6) is 0 Å². The number of hydrogen-bond donors (Lipinski definition) is 1. The zero-order chi connectivity index (χ0) is 18.5. The molecule has 0 bridgehead atoms. The van der Waals surface area contributed by atoms with Crippen molar-refractivity contribution in [3.8, 4) is 0 Å². The molecule has 0 unspecified atom stereocenters. The highest BCUT2D eigenvalue weighted by atomic mass is 28.3. The van der Waals surface area contributed by atoms with Gasteiger partial charge in [-0.05, 0) is 12.0 Å². The third kappa shape index (κ3) is 6.30. The lowest BCUT2D eigenvalue weighted by Crippen LogP contribution is -2.48. The van der Waals surface area contributed by atoms with Crippen LogP contribution in [0.25, 0.3) is 0 Å². The van der Waals surface area contributed by atoms with Crippen molar-refractivity contribution in [3.63, 3.8) is 0 Å². The summed E-state index contributed by atoms with van der Waals surface area (Å²) in [7, 11) is -1.33. The molecule has 136 valence electrons. The first-order chi connectivity index (χ1) is 11.0. The van der Waals surface area contributed by atoms with Gasteiger partial charge >= 0.3 is 12.1 Å². The Morgan fingerprint density at radius 1 is 1.17 bits per heavy atom. The van der Waals surface area contributed by atoms with Crippen molar-refractivity contribution in [1.82, 2.24) is 10.4 Å². The molecule has 0 saturated carbocycles. The number of carbonyl (C=O) groups is 4. The second-order valence-corrected chi connectivity index (χ2v) is 12.9. The van der Waals surface area contributed by atoms with E-state index in [0.717, 1.165) is 6.04 Å². The largest absolute Gasteiger partial charge is 0.450 e. The average molecular weight is 358 g/mol. The van der Waals surface area contributed by atoms with Crippen molar-refractivity contribution in [3.05, 3.63) is 0 Å². The minimum Gasteiger partial charge on any atom is -0.450 e. The van der Waals surface area contributed by atoms with Gasteiger partial charge < -0.3 is 14.9 Å². The van der Waals surface area contributed by atoms with E-state index in [0.29, 0.717) is 5.06 Å². The minimum atomic E-state index is -1.33. The molecule has 1 rings (SSSR count). The van der Waals surface area contributed by atoms with Crippen LogP contribution in [-0.4, -0.2) is 49.7 Å². The molecule has 24 heavy (non-hydrogen) atoms. The summed E-state index contributed by atoms with van der Waals surface area (Å²) in [6.45, 7) is 10.2. The Balaban J connectivity index is 2.56. The molecule has 1 heterocycles. The second-order valence-electron chi connectivity index (χ2n) is 7.30. The molecule has 1 N–H and O–H groups in total. The second kappa shape index (κ2) is 8.27. The Labute approximate surface area is 142 Å². The summed E-state index contributed by atoms with van der Waals surface area (Å²) in [5.74, 6) is -2.28.